The van der Waals surface area contributed by atoms with Crippen LogP contribution in [0, 0.1) is 12.3 Å². The number of aryl methyl sites for hydroxylation is 2. The molecule has 0 radical (unpaired) electrons. The summed E-state index contributed by atoms with van der Waals surface area (Å²) in [6.07, 6.45) is 3.73. The average Bonchev–Trinajstić information content (AvgIpc) is 2.94. The van der Waals surface area contributed by atoms with Crippen molar-refractivity contribution in [3.8, 4) is 0 Å². The van der Waals surface area contributed by atoms with Gasteiger partial charge in [-0.15, -0.1) is 11.6 Å². The molecule has 104 valence electrons. The molecule has 0 aliphatic heterocycles. The largest absolute Gasteiger partial charge is 0.308 e. The Kier molecular flexibility index (Phi) is 2.89. The molecule has 19 heavy (non-hydrogen) atoms. The van der Waals surface area contributed by atoms with Gasteiger partial charge in [-0.2, -0.15) is 5.10 Å². The fourth-order valence-corrected chi connectivity index (χ4v) is 3.74. The molecule has 1 aliphatic carbocycles. The Hall–Kier alpha value is -1.03. The van der Waals surface area contributed by atoms with Gasteiger partial charge in [0, 0.05) is 13.1 Å². The van der Waals surface area contributed by atoms with Crippen molar-refractivity contribution in [2.75, 3.05) is 0 Å². The summed E-state index contributed by atoms with van der Waals surface area (Å²) in [4.78, 5) is 4.71. The molecular weight excluding hydrogens is 260 g/mol. The first-order valence-corrected chi connectivity index (χ1v) is 7.45. The molecule has 0 saturated heterocycles. The Labute approximate surface area is 118 Å². The fraction of sp³-hybridized carbons (Fsp3) is 0.714. The van der Waals surface area contributed by atoms with E-state index < -0.39 is 0 Å². The first-order chi connectivity index (χ1) is 8.95. The second-order valence-corrected chi connectivity index (χ2v) is 6.58. The van der Waals surface area contributed by atoms with Crippen LogP contribution in [0.1, 0.15) is 50.7 Å². The van der Waals surface area contributed by atoms with Crippen LogP contribution in [-0.4, -0.2) is 19.3 Å². The molecule has 2 aromatic heterocycles. The van der Waals surface area contributed by atoms with E-state index in [1.165, 1.54) is 19.3 Å². The molecule has 4 nitrogen and oxygen atoms in total. The van der Waals surface area contributed by atoms with Crippen molar-refractivity contribution in [1.82, 2.24) is 19.3 Å². The predicted octanol–water partition coefficient (Wildman–Crippen LogP) is 3.57. The highest BCUT2D eigenvalue weighted by Gasteiger charge is 2.38. The van der Waals surface area contributed by atoms with E-state index in [1.807, 2.05) is 18.7 Å². The van der Waals surface area contributed by atoms with Crippen molar-refractivity contribution in [3.05, 3.63) is 11.5 Å². The Morgan fingerprint density at radius 2 is 2.16 bits per heavy atom. The molecule has 2 heterocycles. The van der Waals surface area contributed by atoms with Gasteiger partial charge in [0.2, 0.25) is 0 Å². The van der Waals surface area contributed by atoms with Gasteiger partial charge < -0.3 is 4.57 Å². The topological polar surface area (TPSA) is 35.6 Å². The van der Waals surface area contributed by atoms with Crippen LogP contribution in [0.5, 0.6) is 0 Å². The molecule has 1 fully saturated rings. The van der Waals surface area contributed by atoms with Crippen LogP contribution in [-0.2, 0) is 12.9 Å². The van der Waals surface area contributed by atoms with Gasteiger partial charge in [0.25, 0.3) is 0 Å². The lowest BCUT2D eigenvalue weighted by Crippen LogP contribution is -2.23. The summed E-state index contributed by atoms with van der Waals surface area (Å²) in [6.45, 7) is 6.70. The molecule has 1 aliphatic rings. The smallest absolute Gasteiger partial charge is 0.158 e. The van der Waals surface area contributed by atoms with Crippen LogP contribution >= 0.6 is 11.6 Å². The second-order valence-electron chi connectivity index (χ2n) is 6.31. The summed E-state index contributed by atoms with van der Waals surface area (Å²) in [5.74, 6) is 1.44. The minimum atomic E-state index is 0.298. The summed E-state index contributed by atoms with van der Waals surface area (Å²) in [6, 6.07) is 0.473. The molecule has 0 amide bonds. The molecule has 0 N–H and O–H groups in total. The summed E-state index contributed by atoms with van der Waals surface area (Å²) in [5, 5.41) is 4.50. The normalized spacial score (nSPS) is 22.5. The molecule has 1 unspecified atom stereocenters. The van der Waals surface area contributed by atoms with Gasteiger partial charge in [-0.05, 0) is 25.2 Å². The van der Waals surface area contributed by atoms with E-state index >= 15 is 0 Å². The number of halogens is 1. The maximum Gasteiger partial charge on any atom is 0.158 e. The number of imidazole rings is 1. The van der Waals surface area contributed by atoms with E-state index in [-0.39, 0.29) is 0 Å². The Balaban J connectivity index is 2.26. The average molecular weight is 281 g/mol. The molecular formula is C14H21ClN4. The van der Waals surface area contributed by atoms with Crippen LogP contribution in [0.4, 0.5) is 0 Å². The van der Waals surface area contributed by atoms with Gasteiger partial charge in [-0.3, -0.25) is 4.68 Å². The maximum absolute atomic E-state index is 6.12. The van der Waals surface area contributed by atoms with Crippen molar-refractivity contribution >= 4 is 22.8 Å². The monoisotopic (exact) mass is 280 g/mol. The number of alkyl halides is 1. The van der Waals surface area contributed by atoms with Gasteiger partial charge in [0.1, 0.15) is 11.3 Å². The molecule has 1 saturated carbocycles. The van der Waals surface area contributed by atoms with Gasteiger partial charge in [0.15, 0.2) is 5.65 Å². The summed E-state index contributed by atoms with van der Waals surface area (Å²) in [7, 11) is 1.99. The summed E-state index contributed by atoms with van der Waals surface area (Å²) in [5.41, 5.74) is 3.40. The van der Waals surface area contributed by atoms with Crippen LogP contribution in [0.25, 0.3) is 11.2 Å². The number of hydrogen-bond acceptors (Lipinski definition) is 2. The van der Waals surface area contributed by atoms with Gasteiger partial charge in [-0.1, -0.05) is 20.3 Å². The predicted molar refractivity (Wildman–Crippen MR) is 77.5 cm³/mol. The van der Waals surface area contributed by atoms with Crippen LogP contribution in [0.15, 0.2) is 0 Å². The van der Waals surface area contributed by atoms with E-state index in [9.17, 15) is 0 Å². The minimum absolute atomic E-state index is 0.298. The van der Waals surface area contributed by atoms with E-state index in [0.717, 1.165) is 22.7 Å². The molecule has 0 bridgehead atoms. The quantitative estimate of drug-likeness (QED) is 0.789. The van der Waals surface area contributed by atoms with Crippen LogP contribution in [0.3, 0.4) is 0 Å². The zero-order valence-corrected chi connectivity index (χ0v) is 12.8. The van der Waals surface area contributed by atoms with Gasteiger partial charge in [0.05, 0.1) is 11.6 Å². The first-order valence-electron chi connectivity index (χ1n) is 6.92. The maximum atomic E-state index is 6.12. The SMILES string of the molecule is Cc1nn(C)c2c1nc(CCl)n2C1CCCC1(C)C. The van der Waals surface area contributed by atoms with Crippen molar-refractivity contribution in [2.24, 2.45) is 12.5 Å². The molecule has 0 spiro atoms. The molecule has 0 aromatic carbocycles. The highest BCUT2D eigenvalue weighted by atomic mass is 35.5. The number of aromatic nitrogens is 4. The lowest BCUT2D eigenvalue weighted by Gasteiger charge is -2.29. The number of fused-ring (bicyclic) bond motifs is 1. The molecule has 5 heteroatoms. The highest BCUT2D eigenvalue weighted by Crippen LogP contribution is 2.47. The summed E-state index contributed by atoms with van der Waals surface area (Å²) < 4.78 is 4.29. The third-order valence-electron chi connectivity index (χ3n) is 4.54. The Morgan fingerprint density at radius 3 is 2.74 bits per heavy atom. The van der Waals surface area contributed by atoms with E-state index in [4.69, 9.17) is 16.6 Å². The second kappa shape index (κ2) is 4.23. The fourth-order valence-electron chi connectivity index (χ4n) is 3.55. The van der Waals surface area contributed by atoms with Crippen molar-refractivity contribution in [2.45, 2.75) is 52.0 Å². The number of rotatable bonds is 2. The summed E-state index contributed by atoms with van der Waals surface area (Å²) >= 11 is 6.12. The van der Waals surface area contributed by atoms with E-state index in [2.05, 4.69) is 23.5 Å². The first kappa shape index (κ1) is 13.0. The van der Waals surface area contributed by atoms with Crippen molar-refractivity contribution < 1.29 is 0 Å². The van der Waals surface area contributed by atoms with Crippen molar-refractivity contribution in [1.29, 1.82) is 0 Å². The number of nitrogens with zero attached hydrogens (tertiary/aromatic N) is 4. The third kappa shape index (κ3) is 1.80. The van der Waals surface area contributed by atoms with Crippen LogP contribution in [0.2, 0.25) is 0 Å². The Morgan fingerprint density at radius 1 is 1.42 bits per heavy atom. The Bertz CT molecular complexity index is 623. The molecule has 2 aromatic rings. The van der Waals surface area contributed by atoms with E-state index in [1.54, 1.807) is 0 Å². The van der Waals surface area contributed by atoms with Crippen LogP contribution < -0.4 is 0 Å². The van der Waals surface area contributed by atoms with Crippen molar-refractivity contribution in [3.63, 3.8) is 0 Å². The third-order valence-corrected chi connectivity index (χ3v) is 4.78. The number of hydrogen-bond donors (Lipinski definition) is 0. The lowest BCUT2D eigenvalue weighted by atomic mass is 9.87. The van der Waals surface area contributed by atoms with E-state index in [0.29, 0.717) is 17.3 Å². The minimum Gasteiger partial charge on any atom is -0.308 e. The van der Waals surface area contributed by atoms with Gasteiger partial charge >= 0.3 is 0 Å². The molecule has 3 rings (SSSR count). The molecule has 1 atom stereocenters. The lowest BCUT2D eigenvalue weighted by molar-refractivity contribution is 0.260. The standard InChI is InChI=1S/C14H21ClN4/c1-9-12-13(18(4)17-9)19(11(8-15)16-12)10-6-5-7-14(10,2)3/h10H,5-8H2,1-4H3. The zero-order valence-electron chi connectivity index (χ0n) is 12.1. The zero-order chi connectivity index (χ0) is 13.8. The van der Waals surface area contributed by atoms with Gasteiger partial charge in [-0.25, -0.2) is 4.98 Å². The highest BCUT2D eigenvalue weighted by molar-refractivity contribution is 6.16.